The quantitative estimate of drug-likeness (QED) is 0.246. The van der Waals surface area contributed by atoms with E-state index in [1.807, 2.05) is 0 Å². The standard InChI is InChI=1S/C6H12O5.C6H11O5/c2*7-1-4-6(10)5(9)3(8)2-11-4/h3-10H,1-2H2;3-5,7-10H,1-2H2/t3-,4+,5+,6+;3-,4+,5+/m00/s1. The van der Waals surface area contributed by atoms with Gasteiger partial charge in [-0.1, -0.05) is 0 Å². The molecule has 0 aromatic heterocycles. The van der Waals surface area contributed by atoms with Gasteiger partial charge in [0.25, 0.3) is 0 Å². The molecule has 2 saturated heterocycles. The number of hydrogen-bond donors (Lipinski definition) is 8. The maximum absolute atomic E-state index is 9.11. The minimum Gasteiger partial charge on any atom is -0.394 e. The fourth-order valence-electron chi connectivity index (χ4n) is 1.95. The first-order valence-electron chi connectivity index (χ1n) is 6.74. The third kappa shape index (κ3) is 4.80. The second kappa shape index (κ2) is 9.03. The number of aliphatic hydroxyl groups excluding tert-OH is 8. The first-order valence-corrected chi connectivity index (χ1v) is 6.74. The summed E-state index contributed by atoms with van der Waals surface area (Å²) in [4.78, 5) is 0. The fraction of sp³-hybridized carbons (Fsp3) is 0.917. The van der Waals surface area contributed by atoms with Gasteiger partial charge >= 0.3 is 0 Å². The molecule has 0 amide bonds. The van der Waals surface area contributed by atoms with Crippen molar-refractivity contribution in [3.8, 4) is 0 Å². The second-order valence-electron chi connectivity index (χ2n) is 5.04. The van der Waals surface area contributed by atoms with Crippen LogP contribution in [0.15, 0.2) is 0 Å². The van der Waals surface area contributed by atoms with E-state index in [9.17, 15) is 0 Å². The normalized spacial score (nSPS) is 43.4. The highest BCUT2D eigenvalue weighted by atomic mass is 16.5. The van der Waals surface area contributed by atoms with Crippen LogP contribution in [0, 0.1) is 6.10 Å². The number of rotatable bonds is 2. The molecule has 0 saturated carbocycles. The van der Waals surface area contributed by atoms with Crippen LogP contribution in [-0.2, 0) is 9.47 Å². The fourth-order valence-corrected chi connectivity index (χ4v) is 1.95. The molecule has 0 spiro atoms. The monoisotopic (exact) mass is 327 g/mol. The molecule has 2 rings (SSSR count). The van der Waals surface area contributed by atoms with Gasteiger partial charge in [0, 0.05) is 0 Å². The average molecular weight is 327 g/mol. The van der Waals surface area contributed by atoms with Crippen LogP contribution in [0.5, 0.6) is 0 Å². The summed E-state index contributed by atoms with van der Waals surface area (Å²) in [6, 6.07) is 0. The molecule has 131 valence electrons. The van der Waals surface area contributed by atoms with Crippen LogP contribution in [0.3, 0.4) is 0 Å². The van der Waals surface area contributed by atoms with Crippen LogP contribution in [0.4, 0.5) is 0 Å². The zero-order valence-corrected chi connectivity index (χ0v) is 11.8. The van der Waals surface area contributed by atoms with Crippen molar-refractivity contribution in [2.45, 2.75) is 42.7 Å². The van der Waals surface area contributed by atoms with E-state index in [-0.39, 0.29) is 19.8 Å². The molecule has 2 aliphatic heterocycles. The molecular weight excluding hydrogens is 304 g/mol. The van der Waals surface area contributed by atoms with Crippen LogP contribution in [0.25, 0.3) is 0 Å². The summed E-state index contributed by atoms with van der Waals surface area (Å²) in [6.45, 7) is -0.875. The lowest BCUT2D eigenvalue weighted by atomic mass is 10.0. The average Bonchev–Trinajstić information content (AvgIpc) is 2.51. The van der Waals surface area contributed by atoms with Gasteiger partial charge in [0.15, 0.2) is 6.10 Å². The maximum Gasteiger partial charge on any atom is 0.155 e. The van der Waals surface area contributed by atoms with Gasteiger partial charge in [0.2, 0.25) is 0 Å². The van der Waals surface area contributed by atoms with Crippen molar-refractivity contribution in [3.63, 3.8) is 0 Å². The summed E-state index contributed by atoms with van der Waals surface area (Å²) in [5.74, 6) is 0. The minimum absolute atomic E-state index is 0.0521. The van der Waals surface area contributed by atoms with E-state index in [4.69, 9.17) is 50.3 Å². The molecule has 2 heterocycles. The van der Waals surface area contributed by atoms with Crippen molar-refractivity contribution in [2.75, 3.05) is 26.4 Å². The van der Waals surface area contributed by atoms with Crippen LogP contribution < -0.4 is 0 Å². The Morgan fingerprint density at radius 1 is 0.818 bits per heavy atom. The lowest BCUT2D eigenvalue weighted by molar-refractivity contribution is -0.195. The van der Waals surface area contributed by atoms with Crippen molar-refractivity contribution in [1.82, 2.24) is 0 Å². The summed E-state index contributed by atoms with van der Waals surface area (Å²) >= 11 is 0. The van der Waals surface area contributed by atoms with Gasteiger partial charge in [-0.25, -0.2) is 0 Å². The lowest BCUT2D eigenvalue weighted by Crippen LogP contribution is -2.53. The molecular formula is C12H23O10. The summed E-state index contributed by atoms with van der Waals surface area (Å²) in [5.41, 5.74) is 0. The molecule has 2 aliphatic rings. The Morgan fingerprint density at radius 2 is 1.41 bits per heavy atom. The Bertz CT molecular complexity index is 282. The van der Waals surface area contributed by atoms with E-state index in [0.29, 0.717) is 0 Å². The third-order valence-corrected chi connectivity index (χ3v) is 3.42. The van der Waals surface area contributed by atoms with Gasteiger partial charge in [-0.2, -0.15) is 0 Å². The zero-order valence-electron chi connectivity index (χ0n) is 11.8. The highest BCUT2D eigenvalue weighted by molar-refractivity contribution is 5.00. The molecule has 1 radical (unpaired) electrons. The van der Waals surface area contributed by atoms with E-state index >= 15 is 0 Å². The van der Waals surface area contributed by atoms with Crippen LogP contribution in [-0.4, -0.2) is 110 Å². The summed E-state index contributed by atoms with van der Waals surface area (Å²) < 4.78 is 9.59. The van der Waals surface area contributed by atoms with Crippen LogP contribution >= 0.6 is 0 Å². The Labute approximate surface area is 126 Å². The largest absolute Gasteiger partial charge is 0.394 e. The second-order valence-corrected chi connectivity index (χ2v) is 5.04. The molecule has 0 aromatic rings. The highest BCUT2D eigenvalue weighted by Gasteiger charge is 2.38. The van der Waals surface area contributed by atoms with Crippen molar-refractivity contribution >= 4 is 0 Å². The predicted octanol–water partition coefficient (Wildman–Crippen LogP) is -4.54. The first kappa shape index (κ1) is 19.6. The van der Waals surface area contributed by atoms with Crippen molar-refractivity contribution in [2.24, 2.45) is 0 Å². The molecule has 0 aromatic carbocycles. The maximum atomic E-state index is 9.11. The zero-order chi connectivity index (χ0) is 16.9. The molecule has 2 fully saturated rings. The van der Waals surface area contributed by atoms with Crippen molar-refractivity contribution in [1.29, 1.82) is 0 Å². The van der Waals surface area contributed by atoms with Crippen LogP contribution in [0.2, 0.25) is 0 Å². The van der Waals surface area contributed by atoms with Crippen LogP contribution in [0.1, 0.15) is 0 Å². The highest BCUT2D eigenvalue weighted by Crippen LogP contribution is 2.20. The Balaban J connectivity index is 0.000000220. The predicted molar refractivity (Wildman–Crippen MR) is 68.9 cm³/mol. The van der Waals surface area contributed by atoms with E-state index < -0.39 is 55.4 Å². The van der Waals surface area contributed by atoms with Gasteiger partial charge in [-0.3, -0.25) is 0 Å². The lowest BCUT2D eigenvalue weighted by Gasteiger charge is -2.34. The number of aliphatic hydroxyl groups is 8. The minimum atomic E-state index is -1.30. The summed E-state index contributed by atoms with van der Waals surface area (Å²) in [5, 5.41) is 71.2. The van der Waals surface area contributed by atoms with E-state index in [2.05, 4.69) is 0 Å². The van der Waals surface area contributed by atoms with Gasteiger partial charge in [0.1, 0.15) is 42.7 Å². The van der Waals surface area contributed by atoms with E-state index in [0.717, 1.165) is 0 Å². The Hall–Kier alpha value is -0.400. The Morgan fingerprint density at radius 3 is 1.95 bits per heavy atom. The molecule has 10 heteroatoms. The van der Waals surface area contributed by atoms with Gasteiger partial charge in [0.05, 0.1) is 26.4 Å². The summed E-state index contributed by atoms with van der Waals surface area (Å²) in [6.07, 6.45) is -7.95. The van der Waals surface area contributed by atoms with E-state index in [1.54, 1.807) is 0 Å². The van der Waals surface area contributed by atoms with Crippen molar-refractivity contribution < 1.29 is 50.3 Å². The molecule has 0 aliphatic carbocycles. The van der Waals surface area contributed by atoms with E-state index in [1.165, 1.54) is 0 Å². The van der Waals surface area contributed by atoms with Gasteiger partial charge < -0.3 is 50.3 Å². The molecule has 0 bridgehead atoms. The molecule has 7 atom stereocenters. The molecule has 22 heavy (non-hydrogen) atoms. The first-order chi connectivity index (χ1) is 10.3. The third-order valence-electron chi connectivity index (χ3n) is 3.42. The van der Waals surface area contributed by atoms with Crippen molar-refractivity contribution in [3.05, 3.63) is 6.10 Å². The van der Waals surface area contributed by atoms with Gasteiger partial charge in [-0.05, 0) is 0 Å². The summed E-state index contributed by atoms with van der Waals surface area (Å²) in [7, 11) is 0. The SMILES string of the molecule is OC[C@H]1OC[C@H](O)[C@@H](O)[C@@H]1O.OC[C@H]1OC[C@H](O)[C@@H](O)[C]1O. The Kier molecular flexibility index (Phi) is 8.07. The molecule has 8 N–H and O–H groups in total. The molecule has 10 nitrogen and oxygen atoms in total. The number of ether oxygens (including phenoxy) is 2. The molecule has 0 unspecified atom stereocenters. The number of hydrogen-bond acceptors (Lipinski definition) is 10. The smallest absolute Gasteiger partial charge is 0.155 e. The van der Waals surface area contributed by atoms with Gasteiger partial charge in [-0.15, -0.1) is 0 Å². The topological polar surface area (TPSA) is 180 Å².